The van der Waals surface area contributed by atoms with Crippen molar-refractivity contribution in [2.75, 3.05) is 5.73 Å². The van der Waals surface area contributed by atoms with Crippen LogP contribution >= 0.6 is 15.9 Å². The van der Waals surface area contributed by atoms with E-state index in [1.807, 2.05) is 31.5 Å². The molecule has 2 aromatic heterocycles. The second-order valence-electron chi connectivity index (χ2n) is 4.55. The lowest BCUT2D eigenvalue weighted by molar-refractivity contribution is 0.591. The minimum absolute atomic E-state index is 0.0757. The summed E-state index contributed by atoms with van der Waals surface area (Å²) in [6.45, 7) is 7.04. The SMILES string of the molecule is CCn1nc(C)cc1Cn1cc(N)c(C)c(Br)c1=O. The van der Waals surface area contributed by atoms with E-state index in [0.717, 1.165) is 23.5 Å². The maximum Gasteiger partial charge on any atom is 0.265 e. The van der Waals surface area contributed by atoms with Crippen molar-refractivity contribution in [3.05, 3.63) is 44.0 Å². The number of hydrogen-bond acceptors (Lipinski definition) is 3. The summed E-state index contributed by atoms with van der Waals surface area (Å²) < 4.78 is 4.02. The van der Waals surface area contributed by atoms with Crippen LogP contribution in [0.5, 0.6) is 0 Å². The summed E-state index contributed by atoms with van der Waals surface area (Å²) in [5, 5.41) is 4.38. The number of pyridine rings is 1. The zero-order valence-electron chi connectivity index (χ0n) is 11.3. The minimum Gasteiger partial charge on any atom is -0.397 e. The number of rotatable bonds is 3. The maximum absolute atomic E-state index is 12.2. The maximum atomic E-state index is 12.2. The van der Waals surface area contributed by atoms with Crippen LogP contribution in [0, 0.1) is 13.8 Å². The molecule has 0 unspecified atom stereocenters. The van der Waals surface area contributed by atoms with Crippen LogP contribution in [-0.4, -0.2) is 14.3 Å². The highest BCUT2D eigenvalue weighted by atomic mass is 79.9. The smallest absolute Gasteiger partial charge is 0.265 e. The molecular weight excluding hydrogens is 308 g/mol. The molecule has 0 spiro atoms. The number of nitrogens with zero attached hydrogens (tertiary/aromatic N) is 3. The Labute approximate surface area is 120 Å². The van der Waals surface area contributed by atoms with Gasteiger partial charge >= 0.3 is 0 Å². The molecule has 19 heavy (non-hydrogen) atoms. The van der Waals surface area contributed by atoms with Gasteiger partial charge in [0.05, 0.1) is 28.1 Å². The molecule has 0 saturated carbocycles. The van der Waals surface area contributed by atoms with Gasteiger partial charge in [0.1, 0.15) is 0 Å². The quantitative estimate of drug-likeness (QED) is 0.939. The summed E-state index contributed by atoms with van der Waals surface area (Å²) in [5.41, 5.74) is 9.16. The van der Waals surface area contributed by atoms with Crippen LogP contribution < -0.4 is 11.3 Å². The number of halogens is 1. The molecule has 0 aromatic carbocycles. The normalized spacial score (nSPS) is 10.9. The molecule has 0 amide bonds. The summed E-state index contributed by atoms with van der Waals surface area (Å²) in [5.74, 6) is 0. The Morgan fingerprint density at radius 3 is 2.74 bits per heavy atom. The molecule has 0 saturated heterocycles. The first-order valence-electron chi connectivity index (χ1n) is 6.12. The number of nitrogens with two attached hydrogens (primary N) is 1. The van der Waals surface area contributed by atoms with E-state index >= 15 is 0 Å². The monoisotopic (exact) mass is 324 g/mol. The predicted molar refractivity (Wildman–Crippen MR) is 79.3 cm³/mol. The zero-order valence-corrected chi connectivity index (χ0v) is 12.9. The van der Waals surface area contributed by atoms with Crippen LogP contribution in [0.25, 0.3) is 0 Å². The molecule has 0 fully saturated rings. The Morgan fingerprint density at radius 1 is 1.42 bits per heavy atom. The Balaban J connectivity index is 2.47. The van der Waals surface area contributed by atoms with Crippen LogP contribution in [0.1, 0.15) is 23.9 Å². The fourth-order valence-corrected chi connectivity index (χ4v) is 2.49. The summed E-state index contributed by atoms with van der Waals surface area (Å²) >= 11 is 3.30. The van der Waals surface area contributed by atoms with Crippen molar-refractivity contribution in [1.29, 1.82) is 0 Å². The second kappa shape index (κ2) is 5.21. The van der Waals surface area contributed by atoms with E-state index in [2.05, 4.69) is 21.0 Å². The summed E-state index contributed by atoms with van der Waals surface area (Å²) in [6.07, 6.45) is 1.69. The molecule has 0 bridgehead atoms. The average Bonchev–Trinajstić information content (AvgIpc) is 2.73. The van der Waals surface area contributed by atoms with Gasteiger partial charge in [0.2, 0.25) is 0 Å². The molecule has 0 aliphatic rings. The Kier molecular flexibility index (Phi) is 3.80. The van der Waals surface area contributed by atoms with Crippen LogP contribution in [0.3, 0.4) is 0 Å². The third kappa shape index (κ3) is 2.58. The zero-order chi connectivity index (χ0) is 14.2. The molecule has 2 aromatic rings. The van der Waals surface area contributed by atoms with Gasteiger partial charge in [-0.1, -0.05) is 0 Å². The lowest BCUT2D eigenvalue weighted by Crippen LogP contribution is -2.24. The highest BCUT2D eigenvalue weighted by Gasteiger charge is 2.11. The van der Waals surface area contributed by atoms with E-state index in [4.69, 9.17) is 5.73 Å². The van der Waals surface area contributed by atoms with E-state index in [-0.39, 0.29) is 5.56 Å². The van der Waals surface area contributed by atoms with Crippen molar-refractivity contribution in [2.24, 2.45) is 0 Å². The third-order valence-corrected chi connectivity index (χ3v) is 4.06. The van der Waals surface area contributed by atoms with E-state index in [9.17, 15) is 4.79 Å². The molecule has 5 nitrogen and oxygen atoms in total. The number of aromatic nitrogens is 3. The largest absolute Gasteiger partial charge is 0.397 e. The molecule has 2 heterocycles. The molecule has 0 aliphatic heterocycles. The van der Waals surface area contributed by atoms with Gasteiger partial charge in [0, 0.05) is 12.7 Å². The van der Waals surface area contributed by atoms with Crippen LogP contribution in [0.2, 0.25) is 0 Å². The second-order valence-corrected chi connectivity index (χ2v) is 5.34. The molecule has 0 radical (unpaired) electrons. The van der Waals surface area contributed by atoms with Crippen LogP contribution in [0.4, 0.5) is 5.69 Å². The topological polar surface area (TPSA) is 65.8 Å². The highest BCUT2D eigenvalue weighted by Crippen LogP contribution is 2.17. The first kappa shape index (κ1) is 13.9. The minimum atomic E-state index is -0.0757. The number of anilines is 1. The predicted octanol–water partition coefficient (Wildman–Crippen LogP) is 2.07. The van der Waals surface area contributed by atoms with Crippen LogP contribution in [0.15, 0.2) is 21.5 Å². The fraction of sp³-hybridized carbons (Fsp3) is 0.385. The first-order valence-corrected chi connectivity index (χ1v) is 6.91. The molecular formula is C13H17BrN4O. The lowest BCUT2D eigenvalue weighted by Gasteiger charge is -2.11. The van der Waals surface area contributed by atoms with Gasteiger partial charge in [-0.05, 0) is 48.3 Å². The summed E-state index contributed by atoms with van der Waals surface area (Å²) in [7, 11) is 0. The van der Waals surface area contributed by atoms with E-state index in [0.29, 0.717) is 16.7 Å². The van der Waals surface area contributed by atoms with Crippen molar-refractivity contribution in [2.45, 2.75) is 33.9 Å². The molecule has 0 atom stereocenters. The number of aryl methyl sites for hydroxylation is 2. The molecule has 0 aliphatic carbocycles. The van der Waals surface area contributed by atoms with Crippen molar-refractivity contribution in [1.82, 2.24) is 14.3 Å². The van der Waals surface area contributed by atoms with Gasteiger partial charge in [-0.3, -0.25) is 9.48 Å². The van der Waals surface area contributed by atoms with E-state index in [1.54, 1.807) is 10.8 Å². The lowest BCUT2D eigenvalue weighted by atomic mass is 10.2. The Hall–Kier alpha value is -1.56. The Bertz CT molecular complexity index is 672. The highest BCUT2D eigenvalue weighted by molar-refractivity contribution is 9.10. The first-order chi connectivity index (χ1) is 8.93. The third-order valence-electron chi connectivity index (χ3n) is 3.12. The van der Waals surface area contributed by atoms with Crippen molar-refractivity contribution in [3.8, 4) is 0 Å². The molecule has 102 valence electrons. The van der Waals surface area contributed by atoms with Gasteiger partial charge in [-0.15, -0.1) is 0 Å². The standard InChI is InChI=1S/C13H17BrN4O/c1-4-18-10(5-8(2)16-18)6-17-7-11(15)9(3)12(14)13(17)19/h5,7H,4,6,15H2,1-3H3. The van der Waals surface area contributed by atoms with E-state index < -0.39 is 0 Å². The summed E-state index contributed by atoms with van der Waals surface area (Å²) in [4.78, 5) is 12.2. The van der Waals surface area contributed by atoms with Gasteiger partial charge in [0.15, 0.2) is 0 Å². The molecule has 2 rings (SSSR count). The number of nitrogen functional groups attached to an aromatic ring is 1. The van der Waals surface area contributed by atoms with E-state index in [1.165, 1.54) is 0 Å². The van der Waals surface area contributed by atoms with Gasteiger partial charge in [-0.2, -0.15) is 5.10 Å². The number of hydrogen-bond donors (Lipinski definition) is 1. The van der Waals surface area contributed by atoms with Crippen molar-refractivity contribution in [3.63, 3.8) is 0 Å². The molecule has 6 heteroatoms. The molecule has 2 N–H and O–H groups in total. The fourth-order valence-electron chi connectivity index (χ4n) is 2.03. The summed E-state index contributed by atoms with van der Waals surface area (Å²) in [6, 6.07) is 1.99. The van der Waals surface area contributed by atoms with Crippen LogP contribution in [-0.2, 0) is 13.1 Å². The van der Waals surface area contributed by atoms with Gasteiger partial charge in [0.25, 0.3) is 5.56 Å². The van der Waals surface area contributed by atoms with Crippen molar-refractivity contribution >= 4 is 21.6 Å². The van der Waals surface area contributed by atoms with Crippen molar-refractivity contribution < 1.29 is 0 Å². The Morgan fingerprint density at radius 2 is 2.11 bits per heavy atom. The van der Waals surface area contributed by atoms with Gasteiger partial charge in [-0.25, -0.2) is 0 Å². The van der Waals surface area contributed by atoms with Gasteiger partial charge < -0.3 is 10.3 Å². The average molecular weight is 325 g/mol.